The van der Waals surface area contributed by atoms with Gasteiger partial charge in [-0.2, -0.15) is 0 Å². The van der Waals surface area contributed by atoms with E-state index in [1.165, 1.54) is 12.7 Å². The van der Waals surface area contributed by atoms with Gasteiger partial charge < -0.3 is 14.8 Å². The van der Waals surface area contributed by atoms with Crippen LogP contribution in [0.25, 0.3) is 0 Å². The summed E-state index contributed by atoms with van der Waals surface area (Å²) in [5, 5.41) is 3.04. The van der Waals surface area contributed by atoms with E-state index in [-0.39, 0.29) is 24.0 Å². The Morgan fingerprint density at radius 3 is 2.64 bits per heavy atom. The second-order valence-corrected chi connectivity index (χ2v) is 7.06. The molecular formula is C22H26N2O4. The number of amides is 1. The average molecular weight is 382 g/mol. The number of methoxy groups -OCH3 is 2. The average Bonchev–Trinajstić information content (AvgIpc) is 3.09. The Morgan fingerprint density at radius 2 is 1.93 bits per heavy atom. The zero-order valence-corrected chi connectivity index (χ0v) is 16.5. The monoisotopic (exact) mass is 382 g/mol. The van der Waals surface area contributed by atoms with E-state index in [2.05, 4.69) is 16.3 Å². The molecule has 1 saturated heterocycles. The van der Waals surface area contributed by atoms with Crippen molar-refractivity contribution in [2.24, 2.45) is 0 Å². The van der Waals surface area contributed by atoms with Crippen molar-refractivity contribution in [1.29, 1.82) is 0 Å². The minimum Gasteiger partial charge on any atom is -0.496 e. The van der Waals surface area contributed by atoms with Gasteiger partial charge in [0, 0.05) is 19.1 Å². The molecule has 1 aliphatic rings. The van der Waals surface area contributed by atoms with Crippen LogP contribution in [0.1, 0.15) is 27.9 Å². The van der Waals surface area contributed by atoms with Crippen LogP contribution in [0.2, 0.25) is 0 Å². The number of nitrogens with zero attached hydrogens (tertiary/aromatic N) is 1. The summed E-state index contributed by atoms with van der Waals surface area (Å²) in [7, 11) is 2.94. The highest BCUT2D eigenvalue weighted by Gasteiger charge is 2.38. The first-order chi connectivity index (χ1) is 13.5. The van der Waals surface area contributed by atoms with E-state index in [1.807, 2.05) is 31.2 Å². The SMILES string of the molecule is COC(=O)[C@@H]1C[C@H](NC(=O)c2ccccc2OC)CN1Cc1cccc(C)c1. The van der Waals surface area contributed by atoms with Crippen LogP contribution in [-0.2, 0) is 16.1 Å². The van der Waals surface area contributed by atoms with Crippen molar-refractivity contribution < 1.29 is 19.1 Å². The molecule has 1 fully saturated rings. The van der Waals surface area contributed by atoms with Gasteiger partial charge in [-0.3, -0.25) is 14.5 Å². The number of benzene rings is 2. The zero-order chi connectivity index (χ0) is 20.1. The molecule has 1 amide bonds. The number of likely N-dealkylation sites (tertiary alicyclic amines) is 1. The molecule has 1 N–H and O–H groups in total. The fourth-order valence-electron chi connectivity index (χ4n) is 3.70. The van der Waals surface area contributed by atoms with Gasteiger partial charge in [-0.05, 0) is 31.0 Å². The second-order valence-electron chi connectivity index (χ2n) is 7.06. The number of nitrogens with one attached hydrogen (secondary N) is 1. The molecule has 0 aliphatic carbocycles. The third-order valence-corrected chi connectivity index (χ3v) is 5.03. The largest absolute Gasteiger partial charge is 0.496 e. The van der Waals surface area contributed by atoms with Gasteiger partial charge in [0.2, 0.25) is 0 Å². The van der Waals surface area contributed by atoms with Crippen molar-refractivity contribution in [3.05, 3.63) is 65.2 Å². The van der Waals surface area contributed by atoms with Gasteiger partial charge in [-0.15, -0.1) is 0 Å². The Labute approximate surface area is 165 Å². The predicted molar refractivity (Wildman–Crippen MR) is 106 cm³/mol. The molecule has 2 atom stereocenters. The van der Waals surface area contributed by atoms with Crippen LogP contribution >= 0.6 is 0 Å². The number of ether oxygens (including phenoxy) is 2. The fourth-order valence-corrected chi connectivity index (χ4v) is 3.70. The standard InChI is InChI=1S/C22H26N2O4/c1-15-7-6-8-16(11-15)13-24-14-17(12-19(24)22(26)28-3)23-21(25)18-9-4-5-10-20(18)27-2/h4-11,17,19H,12-14H2,1-3H3,(H,23,25)/t17-,19-/m0/s1. The number of para-hydroxylation sites is 1. The normalized spacial score (nSPS) is 19.2. The molecule has 0 radical (unpaired) electrons. The molecule has 0 bridgehead atoms. The molecule has 0 aromatic heterocycles. The van der Waals surface area contributed by atoms with Gasteiger partial charge in [-0.25, -0.2) is 0 Å². The molecule has 0 saturated carbocycles. The first-order valence-corrected chi connectivity index (χ1v) is 9.33. The third kappa shape index (κ3) is 4.51. The number of esters is 1. The van der Waals surface area contributed by atoms with Crippen LogP contribution in [0, 0.1) is 6.92 Å². The van der Waals surface area contributed by atoms with E-state index in [0.717, 1.165) is 5.56 Å². The molecule has 0 unspecified atom stereocenters. The summed E-state index contributed by atoms with van der Waals surface area (Å²) in [6.07, 6.45) is 0.513. The van der Waals surface area contributed by atoms with Gasteiger partial charge in [0.25, 0.3) is 5.91 Å². The molecule has 1 aliphatic heterocycles. The molecule has 148 valence electrons. The molecule has 6 nitrogen and oxygen atoms in total. The quantitative estimate of drug-likeness (QED) is 0.778. The molecular weight excluding hydrogens is 356 g/mol. The summed E-state index contributed by atoms with van der Waals surface area (Å²) in [5.74, 6) is 0.0456. The highest BCUT2D eigenvalue weighted by molar-refractivity contribution is 5.97. The Morgan fingerprint density at radius 1 is 1.14 bits per heavy atom. The van der Waals surface area contributed by atoms with Crippen molar-refractivity contribution in [2.75, 3.05) is 20.8 Å². The van der Waals surface area contributed by atoms with Crippen molar-refractivity contribution in [3.63, 3.8) is 0 Å². The van der Waals surface area contributed by atoms with E-state index in [0.29, 0.717) is 30.8 Å². The van der Waals surface area contributed by atoms with Crippen molar-refractivity contribution in [2.45, 2.75) is 32.0 Å². The van der Waals surface area contributed by atoms with Crippen LogP contribution in [0.4, 0.5) is 0 Å². The molecule has 6 heteroatoms. The minimum absolute atomic E-state index is 0.147. The summed E-state index contributed by atoms with van der Waals surface area (Å²) in [6.45, 7) is 3.25. The van der Waals surface area contributed by atoms with Gasteiger partial charge in [-0.1, -0.05) is 42.0 Å². The zero-order valence-electron chi connectivity index (χ0n) is 16.5. The smallest absolute Gasteiger partial charge is 0.323 e. The van der Waals surface area contributed by atoms with Crippen molar-refractivity contribution >= 4 is 11.9 Å². The summed E-state index contributed by atoms with van der Waals surface area (Å²) in [6, 6.07) is 14.8. The summed E-state index contributed by atoms with van der Waals surface area (Å²) >= 11 is 0. The number of hydrogen-bond acceptors (Lipinski definition) is 5. The highest BCUT2D eigenvalue weighted by atomic mass is 16.5. The van der Waals surface area contributed by atoms with E-state index < -0.39 is 0 Å². The summed E-state index contributed by atoms with van der Waals surface area (Å²) in [5.41, 5.74) is 2.79. The van der Waals surface area contributed by atoms with E-state index in [4.69, 9.17) is 9.47 Å². The predicted octanol–water partition coefficient (Wildman–Crippen LogP) is 2.55. The Hall–Kier alpha value is -2.86. The molecule has 2 aromatic carbocycles. The molecule has 2 aromatic rings. The summed E-state index contributed by atoms with van der Waals surface area (Å²) < 4.78 is 10.3. The highest BCUT2D eigenvalue weighted by Crippen LogP contribution is 2.24. The van der Waals surface area contributed by atoms with Crippen LogP contribution < -0.4 is 10.1 Å². The van der Waals surface area contributed by atoms with Crippen LogP contribution in [0.5, 0.6) is 5.75 Å². The lowest BCUT2D eigenvalue weighted by Gasteiger charge is -2.22. The number of aryl methyl sites for hydroxylation is 1. The van der Waals surface area contributed by atoms with E-state index in [9.17, 15) is 9.59 Å². The molecule has 3 rings (SSSR count). The maximum atomic E-state index is 12.7. The maximum absolute atomic E-state index is 12.7. The maximum Gasteiger partial charge on any atom is 0.323 e. The number of carbonyl (C=O) groups excluding carboxylic acids is 2. The number of hydrogen-bond donors (Lipinski definition) is 1. The van der Waals surface area contributed by atoms with Crippen molar-refractivity contribution in [1.82, 2.24) is 10.2 Å². The van der Waals surface area contributed by atoms with Crippen LogP contribution in [0.15, 0.2) is 48.5 Å². The molecule has 28 heavy (non-hydrogen) atoms. The minimum atomic E-state index is -0.381. The first-order valence-electron chi connectivity index (χ1n) is 9.33. The van der Waals surface area contributed by atoms with Crippen LogP contribution in [0.3, 0.4) is 0 Å². The van der Waals surface area contributed by atoms with E-state index >= 15 is 0 Å². The van der Waals surface area contributed by atoms with Gasteiger partial charge >= 0.3 is 5.97 Å². The Kier molecular flexibility index (Phi) is 6.31. The van der Waals surface area contributed by atoms with Gasteiger partial charge in [0.15, 0.2) is 0 Å². The van der Waals surface area contributed by atoms with Gasteiger partial charge in [0.05, 0.1) is 19.8 Å². The lowest BCUT2D eigenvalue weighted by Crippen LogP contribution is -2.37. The topological polar surface area (TPSA) is 67.9 Å². The van der Waals surface area contributed by atoms with E-state index in [1.54, 1.807) is 25.3 Å². The van der Waals surface area contributed by atoms with Crippen molar-refractivity contribution in [3.8, 4) is 5.75 Å². The van der Waals surface area contributed by atoms with Gasteiger partial charge in [0.1, 0.15) is 11.8 Å². The molecule has 1 heterocycles. The Bertz CT molecular complexity index is 852. The summed E-state index contributed by atoms with van der Waals surface area (Å²) in [4.78, 5) is 27.1. The number of rotatable bonds is 6. The Balaban J connectivity index is 1.72. The first kappa shape index (κ1) is 19.9. The van der Waals surface area contributed by atoms with Crippen LogP contribution in [-0.4, -0.2) is 49.6 Å². The third-order valence-electron chi connectivity index (χ3n) is 5.03. The second kappa shape index (κ2) is 8.89. The lowest BCUT2D eigenvalue weighted by atomic mass is 10.1. The molecule has 0 spiro atoms. The fraction of sp³-hybridized carbons (Fsp3) is 0.364. The number of carbonyl (C=O) groups is 2. The lowest BCUT2D eigenvalue weighted by molar-refractivity contribution is -0.146.